The van der Waals surface area contributed by atoms with Crippen molar-refractivity contribution in [3.05, 3.63) is 0 Å². The zero-order chi connectivity index (χ0) is 12.8. The van der Waals surface area contributed by atoms with Crippen LogP contribution in [0.15, 0.2) is 0 Å². The third-order valence-corrected chi connectivity index (χ3v) is 3.12. The van der Waals surface area contributed by atoms with Gasteiger partial charge in [0.25, 0.3) is 0 Å². The first-order valence-electron chi connectivity index (χ1n) is 6.25. The molecule has 1 rings (SSSR count). The molecule has 0 saturated carbocycles. The average Bonchev–Trinajstić information content (AvgIpc) is 2.23. The molecule has 0 radical (unpaired) electrons. The van der Waals surface area contributed by atoms with Crippen molar-refractivity contribution in [1.29, 1.82) is 0 Å². The summed E-state index contributed by atoms with van der Waals surface area (Å²) in [4.78, 5) is 15.0. The van der Waals surface area contributed by atoms with E-state index in [1.165, 1.54) is 0 Å². The van der Waals surface area contributed by atoms with Crippen molar-refractivity contribution in [3.63, 3.8) is 0 Å². The van der Waals surface area contributed by atoms with E-state index in [0.29, 0.717) is 12.6 Å². The van der Waals surface area contributed by atoms with Crippen LogP contribution >= 0.6 is 0 Å². The summed E-state index contributed by atoms with van der Waals surface area (Å²) in [5.41, 5.74) is 0. The number of carboxylic acid groups (broad SMARTS) is 1. The fourth-order valence-corrected chi connectivity index (χ4v) is 2.04. The van der Waals surface area contributed by atoms with Gasteiger partial charge in [-0.05, 0) is 20.9 Å². The minimum Gasteiger partial charge on any atom is -0.481 e. The minimum absolute atomic E-state index is 0.195. The van der Waals surface area contributed by atoms with Crippen molar-refractivity contribution in [2.24, 2.45) is 0 Å². The first-order valence-corrected chi connectivity index (χ1v) is 6.25. The molecule has 1 aliphatic heterocycles. The van der Waals surface area contributed by atoms with Gasteiger partial charge in [0.1, 0.15) is 0 Å². The van der Waals surface area contributed by atoms with Crippen molar-refractivity contribution < 1.29 is 14.6 Å². The lowest BCUT2D eigenvalue weighted by Gasteiger charge is -2.35. The predicted octanol–water partition coefficient (Wildman–Crippen LogP) is 0.502. The zero-order valence-corrected chi connectivity index (χ0v) is 11.1. The van der Waals surface area contributed by atoms with Crippen LogP contribution in [0.5, 0.6) is 0 Å². The molecule has 1 atom stereocenters. The third-order valence-electron chi connectivity index (χ3n) is 3.12. The molecule has 1 aliphatic rings. The second-order valence-electron chi connectivity index (χ2n) is 4.99. The summed E-state index contributed by atoms with van der Waals surface area (Å²) in [7, 11) is 2.09. The molecule has 1 heterocycles. The molecule has 5 nitrogen and oxygen atoms in total. The molecule has 1 N–H and O–H groups in total. The van der Waals surface area contributed by atoms with Crippen molar-refractivity contribution in [2.45, 2.75) is 32.4 Å². The van der Waals surface area contributed by atoms with E-state index in [-0.39, 0.29) is 12.5 Å². The molecular weight excluding hydrogens is 220 g/mol. The Hall–Kier alpha value is -0.650. The van der Waals surface area contributed by atoms with E-state index in [0.717, 1.165) is 26.2 Å². The number of likely N-dealkylation sites (N-methyl/N-ethyl adjacent to an activating group) is 1. The van der Waals surface area contributed by atoms with Crippen LogP contribution in [0.2, 0.25) is 0 Å². The predicted molar refractivity (Wildman–Crippen MR) is 66.2 cm³/mol. The second-order valence-corrected chi connectivity index (χ2v) is 4.99. The van der Waals surface area contributed by atoms with Crippen molar-refractivity contribution in [1.82, 2.24) is 9.80 Å². The number of hydrogen-bond acceptors (Lipinski definition) is 4. The SMILES string of the molecule is CC(C)N(CCC(=O)O)CC1CN(C)CCO1. The van der Waals surface area contributed by atoms with Gasteiger partial charge in [-0.3, -0.25) is 9.69 Å². The van der Waals surface area contributed by atoms with E-state index >= 15 is 0 Å². The first kappa shape index (κ1) is 14.4. The lowest BCUT2D eigenvalue weighted by atomic mass is 10.2. The van der Waals surface area contributed by atoms with Gasteiger partial charge in [-0.1, -0.05) is 0 Å². The van der Waals surface area contributed by atoms with Crippen molar-refractivity contribution in [3.8, 4) is 0 Å². The molecule has 0 bridgehead atoms. The highest BCUT2D eigenvalue weighted by Crippen LogP contribution is 2.08. The zero-order valence-electron chi connectivity index (χ0n) is 11.1. The molecule has 0 amide bonds. The van der Waals surface area contributed by atoms with E-state index in [1.807, 2.05) is 0 Å². The number of rotatable bonds is 6. The summed E-state index contributed by atoms with van der Waals surface area (Å²) in [6.07, 6.45) is 0.394. The van der Waals surface area contributed by atoms with Gasteiger partial charge in [-0.25, -0.2) is 0 Å². The molecular formula is C12H24N2O3. The number of nitrogens with zero attached hydrogens (tertiary/aromatic N) is 2. The van der Waals surface area contributed by atoms with E-state index in [4.69, 9.17) is 9.84 Å². The first-order chi connectivity index (χ1) is 7.99. The molecule has 0 spiro atoms. The molecule has 0 aliphatic carbocycles. The standard InChI is InChI=1S/C12H24N2O3/c1-10(2)14(5-4-12(15)16)9-11-8-13(3)6-7-17-11/h10-11H,4-9H2,1-3H3,(H,15,16). The molecule has 100 valence electrons. The van der Waals surface area contributed by atoms with Gasteiger partial charge in [-0.2, -0.15) is 0 Å². The molecule has 1 fully saturated rings. The molecule has 0 aromatic rings. The Morgan fingerprint density at radius 3 is 2.82 bits per heavy atom. The Morgan fingerprint density at radius 1 is 1.59 bits per heavy atom. The number of ether oxygens (including phenoxy) is 1. The molecule has 1 unspecified atom stereocenters. The van der Waals surface area contributed by atoms with Crippen molar-refractivity contribution >= 4 is 5.97 Å². The Bertz CT molecular complexity index is 246. The van der Waals surface area contributed by atoms with Crippen LogP contribution in [0.25, 0.3) is 0 Å². The van der Waals surface area contributed by atoms with E-state index < -0.39 is 5.97 Å². The number of morpholine rings is 1. The van der Waals surface area contributed by atoms with E-state index in [2.05, 4.69) is 30.7 Å². The molecule has 0 aromatic carbocycles. The topological polar surface area (TPSA) is 53.0 Å². The number of carbonyl (C=O) groups is 1. The van der Waals surface area contributed by atoms with Gasteiger partial charge in [-0.15, -0.1) is 0 Å². The van der Waals surface area contributed by atoms with Crippen LogP contribution in [0.1, 0.15) is 20.3 Å². The summed E-state index contributed by atoms with van der Waals surface area (Å²) >= 11 is 0. The van der Waals surface area contributed by atoms with Gasteiger partial charge < -0.3 is 14.7 Å². The Labute approximate surface area is 103 Å². The highest BCUT2D eigenvalue weighted by atomic mass is 16.5. The normalized spacial score (nSPS) is 22.3. The van der Waals surface area contributed by atoms with Crippen molar-refractivity contribution in [2.75, 3.05) is 39.8 Å². The largest absolute Gasteiger partial charge is 0.481 e. The van der Waals surface area contributed by atoms with Crippen LogP contribution in [0, 0.1) is 0 Å². The molecule has 1 saturated heterocycles. The van der Waals surface area contributed by atoms with E-state index in [1.54, 1.807) is 0 Å². The quantitative estimate of drug-likeness (QED) is 0.737. The smallest absolute Gasteiger partial charge is 0.304 e. The summed E-state index contributed by atoms with van der Waals surface area (Å²) < 4.78 is 5.71. The Balaban J connectivity index is 2.39. The summed E-state index contributed by atoms with van der Waals surface area (Å²) in [5.74, 6) is -0.739. The number of aliphatic carboxylic acids is 1. The van der Waals surface area contributed by atoms with Gasteiger partial charge in [0.2, 0.25) is 0 Å². The Morgan fingerprint density at radius 2 is 2.29 bits per heavy atom. The Kier molecular flexibility index (Phi) is 5.88. The monoisotopic (exact) mass is 244 g/mol. The van der Waals surface area contributed by atoms with Gasteiger partial charge in [0.05, 0.1) is 19.1 Å². The lowest BCUT2D eigenvalue weighted by Crippen LogP contribution is -2.48. The maximum atomic E-state index is 10.6. The fraction of sp³-hybridized carbons (Fsp3) is 0.917. The van der Waals surface area contributed by atoms with Crippen LogP contribution in [0.4, 0.5) is 0 Å². The van der Waals surface area contributed by atoms with E-state index in [9.17, 15) is 4.79 Å². The van der Waals surface area contributed by atoms with Crippen LogP contribution < -0.4 is 0 Å². The average molecular weight is 244 g/mol. The van der Waals surface area contributed by atoms with Gasteiger partial charge in [0.15, 0.2) is 0 Å². The number of carboxylic acids is 1. The molecule has 5 heteroatoms. The third kappa shape index (κ3) is 5.48. The van der Waals surface area contributed by atoms with Crippen LogP contribution in [0.3, 0.4) is 0 Å². The molecule has 17 heavy (non-hydrogen) atoms. The lowest BCUT2D eigenvalue weighted by molar-refractivity contribution is -0.137. The maximum Gasteiger partial charge on any atom is 0.304 e. The molecule has 0 aromatic heterocycles. The summed E-state index contributed by atoms with van der Waals surface area (Å²) in [5, 5.41) is 8.73. The summed E-state index contributed by atoms with van der Waals surface area (Å²) in [6.45, 7) is 8.27. The summed E-state index contributed by atoms with van der Waals surface area (Å²) in [6, 6.07) is 0.352. The number of hydrogen-bond donors (Lipinski definition) is 1. The maximum absolute atomic E-state index is 10.6. The highest BCUT2D eigenvalue weighted by Gasteiger charge is 2.22. The highest BCUT2D eigenvalue weighted by molar-refractivity contribution is 5.66. The fourth-order valence-electron chi connectivity index (χ4n) is 2.04. The second kappa shape index (κ2) is 6.93. The van der Waals surface area contributed by atoms with Crippen LogP contribution in [-0.4, -0.2) is 72.9 Å². The van der Waals surface area contributed by atoms with Gasteiger partial charge in [0, 0.05) is 32.2 Å². The van der Waals surface area contributed by atoms with Gasteiger partial charge >= 0.3 is 5.97 Å². The minimum atomic E-state index is -0.739. The van der Waals surface area contributed by atoms with Crippen LogP contribution in [-0.2, 0) is 9.53 Å².